The van der Waals surface area contributed by atoms with Crippen LogP contribution in [-0.4, -0.2) is 6.55 Å². The van der Waals surface area contributed by atoms with Crippen LogP contribution in [0.5, 0.6) is 0 Å². The molecule has 1 nitrogen and oxygen atoms in total. The Morgan fingerprint density at radius 1 is 1.18 bits per heavy atom. The van der Waals surface area contributed by atoms with Crippen LogP contribution in [0, 0.1) is 6.92 Å². The minimum atomic E-state index is -2.49. The lowest BCUT2D eigenvalue weighted by atomic mass is 10.2. The summed E-state index contributed by atoms with van der Waals surface area (Å²) < 4.78 is 23.4. The van der Waals surface area contributed by atoms with E-state index in [1.807, 2.05) is 12.2 Å². The predicted molar refractivity (Wildman–Crippen MR) is 40.8 cm³/mol. The minimum Gasteiger partial charge on any atom is -0.330 e. The highest BCUT2D eigenvalue weighted by atomic mass is 19.3. The summed E-state index contributed by atoms with van der Waals surface area (Å²) in [6, 6.07) is 6.82. The summed E-state index contributed by atoms with van der Waals surface area (Å²) in [5.74, 6) is 0. The third-order valence-corrected chi connectivity index (χ3v) is 1.33. The average molecular weight is 157 g/mol. The van der Waals surface area contributed by atoms with Gasteiger partial charge in [0.1, 0.15) is 0 Å². The molecule has 1 aromatic carbocycles. The van der Waals surface area contributed by atoms with Gasteiger partial charge in [-0.15, -0.1) is 0 Å². The lowest BCUT2D eigenvalue weighted by molar-refractivity contribution is 0.181. The molecule has 0 saturated carbocycles. The zero-order valence-corrected chi connectivity index (χ0v) is 6.14. The first kappa shape index (κ1) is 7.98. The molecule has 0 aliphatic carbocycles. The number of alkyl halides is 2. The smallest absolute Gasteiger partial charge is 0.312 e. The van der Waals surface area contributed by atoms with Crippen LogP contribution < -0.4 is 5.32 Å². The molecule has 60 valence electrons. The van der Waals surface area contributed by atoms with Crippen LogP contribution in [0.15, 0.2) is 24.3 Å². The summed E-state index contributed by atoms with van der Waals surface area (Å²) in [6.45, 7) is -0.579. The molecule has 1 N–H and O–H groups in total. The van der Waals surface area contributed by atoms with E-state index in [2.05, 4.69) is 0 Å². The fraction of sp³-hybridized carbons (Fsp3) is 0.250. The van der Waals surface area contributed by atoms with Crippen LogP contribution in [0.1, 0.15) is 5.56 Å². The van der Waals surface area contributed by atoms with Crippen LogP contribution in [-0.2, 0) is 0 Å². The lowest BCUT2D eigenvalue weighted by Crippen LogP contribution is -2.05. The SMILES string of the molecule is Cc1ccc(NC(F)F)cc1. The van der Waals surface area contributed by atoms with Gasteiger partial charge in [-0.3, -0.25) is 0 Å². The average Bonchev–Trinajstić information content (AvgIpc) is 1.93. The van der Waals surface area contributed by atoms with Crippen LogP contribution in [0.3, 0.4) is 0 Å². The number of nitrogens with one attached hydrogen (secondary N) is 1. The Labute approximate surface area is 64.0 Å². The van der Waals surface area contributed by atoms with Crippen LogP contribution in [0.4, 0.5) is 14.5 Å². The summed E-state index contributed by atoms with van der Waals surface area (Å²) >= 11 is 0. The molecule has 0 aliphatic heterocycles. The number of benzene rings is 1. The molecular weight excluding hydrogens is 148 g/mol. The normalized spacial score (nSPS) is 10.2. The zero-order chi connectivity index (χ0) is 8.27. The van der Waals surface area contributed by atoms with Gasteiger partial charge in [0.05, 0.1) is 0 Å². The molecule has 0 aromatic heterocycles. The number of rotatable bonds is 2. The molecule has 1 rings (SSSR count). The van der Waals surface area contributed by atoms with Crippen molar-refractivity contribution in [3.05, 3.63) is 29.8 Å². The van der Waals surface area contributed by atoms with Gasteiger partial charge in [-0.05, 0) is 19.1 Å². The van der Waals surface area contributed by atoms with Crippen molar-refractivity contribution in [1.29, 1.82) is 0 Å². The highest BCUT2D eigenvalue weighted by Crippen LogP contribution is 2.10. The van der Waals surface area contributed by atoms with E-state index in [0.717, 1.165) is 5.56 Å². The van der Waals surface area contributed by atoms with Gasteiger partial charge in [0, 0.05) is 5.69 Å². The molecule has 0 heterocycles. The topological polar surface area (TPSA) is 12.0 Å². The number of aryl methyl sites for hydroxylation is 1. The molecule has 0 amide bonds. The van der Waals surface area contributed by atoms with E-state index in [9.17, 15) is 8.78 Å². The van der Waals surface area contributed by atoms with Gasteiger partial charge in [0.2, 0.25) is 0 Å². The van der Waals surface area contributed by atoms with Gasteiger partial charge in [-0.2, -0.15) is 8.78 Å². The van der Waals surface area contributed by atoms with E-state index in [0.29, 0.717) is 5.69 Å². The second-order valence-corrected chi connectivity index (χ2v) is 2.31. The Kier molecular flexibility index (Phi) is 2.41. The third-order valence-electron chi connectivity index (χ3n) is 1.33. The zero-order valence-electron chi connectivity index (χ0n) is 6.14. The fourth-order valence-electron chi connectivity index (χ4n) is 0.776. The molecule has 1 aromatic rings. The van der Waals surface area contributed by atoms with Crippen molar-refractivity contribution in [3.8, 4) is 0 Å². The van der Waals surface area contributed by atoms with Crippen molar-refractivity contribution in [2.75, 3.05) is 5.32 Å². The minimum absolute atomic E-state index is 0.450. The van der Waals surface area contributed by atoms with Crippen LogP contribution in [0.2, 0.25) is 0 Å². The molecule has 0 radical (unpaired) electrons. The van der Waals surface area contributed by atoms with E-state index < -0.39 is 6.55 Å². The van der Waals surface area contributed by atoms with Crippen LogP contribution in [0.25, 0.3) is 0 Å². The van der Waals surface area contributed by atoms with Gasteiger partial charge >= 0.3 is 6.55 Å². The van der Waals surface area contributed by atoms with Crippen molar-refractivity contribution in [3.63, 3.8) is 0 Å². The van der Waals surface area contributed by atoms with Gasteiger partial charge < -0.3 is 5.32 Å². The molecule has 0 bridgehead atoms. The number of anilines is 1. The van der Waals surface area contributed by atoms with Gasteiger partial charge in [-0.1, -0.05) is 17.7 Å². The van der Waals surface area contributed by atoms with Crippen molar-refractivity contribution in [2.45, 2.75) is 13.5 Å². The standard InChI is InChI=1S/C8H9F2N/c1-6-2-4-7(5-3-6)11-8(9)10/h2-5,8,11H,1H3. The largest absolute Gasteiger partial charge is 0.330 e. The first-order valence-corrected chi connectivity index (χ1v) is 3.30. The van der Waals surface area contributed by atoms with Crippen LogP contribution >= 0.6 is 0 Å². The Bertz CT molecular complexity index is 218. The molecule has 0 atom stereocenters. The second kappa shape index (κ2) is 3.32. The third kappa shape index (κ3) is 2.53. The van der Waals surface area contributed by atoms with E-state index in [4.69, 9.17) is 0 Å². The van der Waals surface area contributed by atoms with Gasteiger partial charge in [-0.25, -0.2) is 0 Å². The monoisotopic (exact) mass is 157 g/mol. The molecule has 0 saturated heterocycles. The summed E-state index contributed by atoms with van der Waals surface area (Å²) in [4.78, 5) is 0. The fourth-order valence-corrected chi connectivity index (χ4v) is 0.776. The van der Waals surface area contributed by atoms with E-state index in [-0.39, 0.29) is 0 Å². The Hall–Kier alpha value is -1.12. The van der Waals surface area contributed by atoms with Crippen molar-refractivity contribution in [1.82, 2.24) is 0 Å². The first-order chi connectivity index (χ1) is 5.18. The van der Waals surface area contributed by atoms with Crippen molar-refractivity contribution in [2.24, 2.45) is 0 Å². The molecule has 11 heavy (non-hydrogen) atoms. The summed E-state index contributed by atoms with van der Waals surface area (Å²) in [7, 11) is 0. The molecule has 3 heteroatoms. The Morgan fingerprint density at radius 2 is 1.73 bits per heavy atom. The van der Waals surface area contributed by atoms with Crippen molar-refractivity contribution < 1.29 is 8.78 Å². The highest BCUT2D eigenvalue weighted by molar-refractivity contribution is 5.44. The maximum absolute atomic E-state index is 11.7. The first-order valence-electron chi connectivity index (χ1n) is 3.30. The van der Waals surface area contributed by atoms with Gasteiger partial charge in [0.15, 0.2) is 0 Å². The Morgan fingerprint density at radius 3 is 2.18 bits per heavy atom. The number of hydrogen-bond acceptors (Lipinski definition) is 1. The summed E-state index contributed by atoms with van der Waals surface area (Å²) in [5.41, 5.74) is 1.51. The second-order valence-electron chi connectivity index (χ2n) is 2.31. The summed E-state index contributed by atoms with van der Waals surface area (Å²) in [5, 5.41) is 2.00. The van der Waals surface area contributed by atoms with Gasteiger partial charge in [0.25, 0.3) is 0 Å². The molecule has 0 spiro atoms. The number of hydrogen-bond donors (Lipinski definition) is 1. The lowest BCUT2D eigenvalue weighted by Gasteiger charge is -2.03. The summed E-state index contributed by atoms with van der Waals surface area (Å²) in [6.07, 6.45) is 0. The van der Waals surface area contributed by atoms with Crippen molar-refractivity contribution >= 4 is 5.69 Å². The molecular formula is C8H9F2N. The maximum Gasteiger partial charge on any atom is 0.312 e. The molecule has 0 fully saturated rings. The van der Waals surface area contributed by atoms with E-state index >= 15 is 0 Å². The maximum atomic E-state index is 11.7. The molecule has 0 aliphatic rings. The number of halogens is 2. The highest BCUT2D eigenvalue weighted by Gasteiger charge is 1.99. The quantitative estimate of drug-likeness (QED) is 0.650. The Balaban J connectivity index is 2.66. The predicted octanol–water partition coefficient (Wildman–Crippen LogP) is 2.63. The van der Waals surface area contributed by atoms with E-state index in [1.54, 1.807) is 24.3 Å². The van der Waals surface area contributed by atoms with E-state index in [1.165, 1.54) is 0 Å². The molecule has 0 unspecified atom stereocenters.